The molecule has 0 aliphatic heterocycles. The lowest BCUT2D eigenvalue weighted by atomic mass is 10.1. The molecule has 118 valence electrons. The van der Waals surface area contributed by atoms with E-state index in [-0.39, 0.29) is 11.4 Å². The fourth-order valence-corrected chi connectivity index (χ4v) is 2.61. The van der Waals surface area contributed by atoms with Crippen LogP contribution in [0.25, 0.3) is 0 Å². The van der Waals surface area contributed by atoms with Crippen molar-refractivity contribution in [2.24, 2.45) is 0 Å². The third-order valence-electron chi connectivity index (χ3n) is 2.61. The summed E-state index contributed by atoms with van der Waals surface area (Å²) in [6.45, 7) is 6.72. The van der Waals surface area contributed by atoms with Crippen LogP contribution in [-0.2, 0) is 14.8 Å². The molecule has 0 aromatic heterocycles. The standard InChI is InChI=1S/C14H22N2O4S/c1-10(17)11-5-7-12(8-6-11)21(19,20)15-9-13(18)16-14(2,3)4/h5-8,10,15,17H,9H2,1-4H3,(H,16,18). The summed E-state index contributed by atoms with van der Waals surface area (Å²) in [6.07, 6.45) is -0.660. The van der Waals surface area contributed by atoms with Gasteiger partial charge < -0.3 is 10.4 Å². The Bertz CT molecular complexity index is 586. The van der Waals surface area contributed by atoms with Gasteiger partial charge in [-0.3, -0.25) is 4.79 Å². The summed E-state index contributed by atoms with van der Waals surface area (Å²) in [5, 5.41) is 12.1. The third-order valence-corrected chi connectivity index (χ3v) is 4.03. The first-order chi connectivity index (χ1) is 9.51. The molecule has 1 amide bonds. The van der Waals surface area contributed by atoms with E-state index >= 15 is 0 Å². The lowest BCUT2D eigenvalue weighted by molar-refractivity contribution is -0.121. The lowest BCUT2D eigenvalue weighted by Gasteiger charge is -2.20. The molecule has 1 atom stereocenters. The van der Waals surface area contributed by atoms with Crippen LogP contribution >= 0.6 is 0 Å². The predicted octanol–water partition coefficient (Wildman–Crippen LogP) is 0.933. The number of carbonyl (C=O) groups is 1. The van der Waals surface area contributed by atoms with Gasteiger partial charge in [-0.2, -0.15) is 0 Å². The molecule has 1 unspecified atom stereocenters. The summed E-state index contributed by atoms with van der Waals surface area (Å²) in [7, 11) is -3.75. The van der Waals surface area contributed by atoms with Gasteiger partial charge in [0.25, 0.3) is 0 Å². The summed E-state index contributed by atoms with van der Waals surface area (Å²) in [5.41, 5.74) is 0.209. The Morgan fingerprint density at radius 2 is 1.76 bits per heavy atom. The third kappa shape index (κ3) is 5.82. The predicted molar refractivity (Wildman–Crippen MR) is 80.2 cm³/mol. The molecular formula is C14H22N2O4S. The number of aliphatic hydroxyl groups excluding tert-OH is 1. The molecule has 0 aliphatic carbocycles. The van der Waals surface area contributed by atoms with Gasteiger partial charge in [-0.15, -0.1) is 0 Å². The first-order valence-electron chi connectivity index (χ1n) is 6.60. The molecule has 0 bridgehead atoms. The van der Waals surface area contributed by atoms with Gasteiger partial charge in [0.15, 0.2) is 0 Å². The van der Waals surface area contributed by atoms with Crippen molar-refractivity contribution in [1.82, 2.24) is 10.0 Å². The minimum Gasteiger partial charge on any atom is -0.389 e. The average Bonchev–Trinajstić information content (AvgIpc) is 2.34. The van der Waals surface area contributed by atoms with E-state index in [0.29, 0.717) is 5.56 Å². The number of aliphatic hydroxyl groups is 1. The lowest BCUT2D eigenvalue weighted by Crippen LogP contribution is -2.45. The van der Waals surface area contributed by atoms with E-state index < -0.39 is 27.6 Å². The van der Waals surface area contributed by atoms with Crippen molar-refractivity contribution in [3.8, 4) is 0 Å². The number of rotatable bonds is 5. The molecule has 0 saturated carbocycles. The number of amides is 1. The van der Waals surface area contributed by atoms with Crippen molar-refractivity contribution < 1.29 is 18.3 Å². The molecule has 21 heavy (non-hydrogen) atoms. The summed E-state index contributed by atoms with van der Waals surface area (Å²) in [4.78, 5) is 11.7. The van der Waals surface area contributed by atoms with Gasteiger partial charge in [0.1, 0.15) is 0 Å². The van der Waals surface area contributed by atoms with E-state index in [1.165, 1.54) is 24.3 Å². The molecule has 1 aromatic rings. The highest BCUT2D eigenvalue weighted by Gasteiger charge is 2.18. The zero-order valence-corrected chi connectivity index (χ0v) is 13.5. The quantitative estimate of drug-likeness (QED) is 0.753. The number of hydrogen-bond donors (Lipinski definition) is 3. The number of nitrogens with one attached hydrogen (secondary N) is 2. The molecule has 7 heteroatoms. The topological polar surface area (TPSA) is 95.5 Å². The molecule has 0 heterocycles. The monoisotopic (exact) mass is 314 g/mol. The average molecular weight is 314 g/mol. The zero-order chi connectivity index (χ0) is 16.3. The van der Waals surface area contributed by atoms with Crippen LogP contribution in [0.2, 0.25) is 0 Å². The number of benzene rings is 1. The summed E-state index contributed by atoms with van der Waals surface area (Å²) < 4.78 is 26.3. The second-order valence-corrected chi connectivity index (χ2v) is 7.63. The molecule has 0 radical (unpaired) electrons. The summed E-state index contributed by atoms with van der Waals surface area (Å²) >= 11 is 0. The van der Waals surface area contributed by atoms with Crippen molar-refractivity contribution in [3.05, 3.63) is 29.8 Å². The van der Waals surface area contributed by atoms with Gasteiger partial charge in [-0.1, -0.05) is 12.1 Å². The maximum absolute atomic E-state index is 12.0. The molecule has 6 nitrogen and oxygen atoms in total. The van der Waals surface area contributed by atoms with Gasteiger partial charge in [0.05, 0.1) is 17.5 Å². The van der Waals surface area contributed by atoms with Crippen LogP contribution in [0.5, 0.6) is 0 Å². The SMILES string of the molecule is CC(O)c1ccc(S(=O)(=O)NCC(=O)NC(C)(C)C)cc1. The highest BCUT2D eigenvalue weighted by Crippen LogP contribution is 2.15. The van der Waals surface area contributed by atoms with Crippen molar-refractivity contribution in [3.63, 3.8) is 0 Å². The van der Waals surface area contributed by atoms with Crippen molar-refractivity contribution in [1.29, 1.82) is 0 Å². The van der Waals surface area contributed by atoms with Crippen LogP contribution in [0, 0.1) is 0 Å². The van der Waals surface area contributed by atoms with Crippen LogP contribution < -0.4 is 10.0 Å². The summed E-state index contributed by atoms with van der Waals surface area (Å²) in [6, 6.07) is 5.86. The number of carbonyl (C=O) groups excluding carboxylic acids is 1. The summed E-state index contributed by atoms with van der Waals surface area (Å²) in [5.74, 6) is -0.397. The molecule has 1 aromatic carbocycles. The smallest absolute Gasteiger partial charge is 0.241 e. The maximum Gasteiger partial charge on any atom is 0.241 e. The minimum atomic E-state index is -3.75. The van der Waals surface area contributed by atoms with Crippen LogP contribution in [-0.4, -0.2) is 31.5 Å². The largest absolute Gasteiger partial charge is 0.389 e. The van der Waals surface area contributed by atoms with Gasteiger partial charge in [-0.05, 0) is 45.4 Å². The fraction of sp³-hybridized carbons (Fsp3) is 0.500. The van der Waals surface area contributed by atoms with Crippen LogP contribution in [0.3, 0.4) is 0 Å². The molecule has 0 fully saturated rings. The molecular weight excluding hydrogens is 292 g/mol. The van der Waals surface area contributed by atoms with Crippen LogP contribution in [0.1, 0.15) is 39.4 Å². The first kappa shape index (κ1) is 17.6. The molecule has 0 saturated heterocycles. The first-order valence-corrected chi connectivity index (χ1v) is 8.08. The normalized spacial score (nSPS) is 13.8. The highest BCUT2D eigenvalue weighted by atomic mass is 32.2. The van der Waals surface area contributed by atoms with Crippen LogP contribution in [0.15, 0.2) is 29.2 Å². The van der Waals surface area contributed by atoms with E-state index in [9.17, 15) is 18.3 Å². The van der Waals surface area contributed by atoms with E-state index in [4.69, 9.17) is 0 Å². The fourth-order valence-electron chi connectivity index (χ4n) is 1.63. The highest BCUT2D eigenvalue weighted by molar-refractivity contribution is 7.89. The Morgan fingerprint density at radius 3 is 2.19 bits per heavy atom. The van der Waals surface area contributed by atoms with Gasteiger partial charge in [0, 0.05) is 5.54 Å². The Morgan fingerprint density at radius 1 is 1.24 bits per heavy atom. The Labute approximate surface area is 125 Å². The second kappa shape index (κ2) is 6.55. The van der Waals surface area contributed by atoms with E-state index in [0.717, 1.165) is 0 Å². The Kier molecular flexibility index (Phi) is 5.49. The zero-order valence-electron chi connectivity index (χ0n) is 12.7. The maximum atomic E-state index is 12.0. The van der Waals surface area contributed by atoms with Crippen molar-refractivity contribution in [2.45, 2.75) is 44.2 Å². The molecule has 0 spiro atoms. The van der Waals surface area contributed by atoms with E-state index in [1.54, 1.807) is 6.92 Å². The molecule has 1 rings (SSSR count). The number of hydrogen-bond acceptors (Lipinski definition) is 4. The van der Waals surface area contributed by atoms with Crippen LogP contribution in [0.4, 0.5) is 0 Å². The van der Waals surface area contributed by atoms with E-state index in [1.807, 2.05) is 20.8 Å². The second-order valence-electron chi connectivity index (χ2n) is 5.87. The van der Waals surface area contributed by atoms with E-state index in [2.05, 4.69) is 10.0 Å². The van der Waals surface area contributed by atoms with Gasteiger partial charge in [0.2, 0.25) is 15.9 Å². The van der Waals surface area contributed by atoms with Crippen molar-refractivity contribution in [2.75, 3.05) is 6.54 Å². The number of sulfonamides is 1. The molecule has 0 aliphatic rings. The Balaban J connectivity index is 2.71. The van der Waals surface area contributed by atoms with Gasteiger partial charge >= 0.3 is 0 Å². The Hall–Kier alpha value is -1.44. The minimum absolute atomic E-state index is 0.0514. The van der Waals surface area contributed by atoms with Gasteiger partial charge in [-0.25, -0.2) is 13.1 Å². The van der Waals surface area contributed by atoms with Crippen molar-refractivity contribution >= 4 is 15.9 Å². The molecule has 3 N–H and O–H groups in total.